The molecule has 1 aromatic heterocycles. The monoisotopic (exact) mass is 424 g/mol. The van der Waals surface area contributed by atoms with Crippen molar-refractivity contribution in [2.24, 2.45) is 0 Å². The van der Waals surface area contributed by atoms with E-state index in [-0.39, 0.29) is 24.5 Å². The number of aliphatic hydroxyl groups is 1. The summed E-state index contributed by atoms with van der Waals surface area (Å²) in [7, 11) is 1.53. The fourth-order valence-electron chi connectivity index (χ4n) is 3.55. The van der Waals surface area contributed by atoms with Gasteiger partial charge in [0, 0.05) is 25.4 Å². The second kappa shape index (κ2) is 10.7. The van der Waals surface area contributed by atoms with Gasteiger partial charge in [-0.2, -0.15) is 0 Å². The molecule has 31 heavy (non-hydrogen) atoms. The van der Waals surface area contributed by atoms with Gasteiger partial charge in [-0.25, -0.2) is 0 Å². The van der Waals surface area contributed by atoms with Crippen LogP contribution in [0.4, 0.5) is 0 Å². The minimum Gasteiger partial charge on any atom is -0.507 e. The number of carbonyl (C=O) groups is 2. The van der Waals surface area contributed by atoms with E-state index >= 15 is 0 Å². The number of methoxy groups -OCH3 is 1. The first-order chi connectivity index (χ1) is 15.1. The summed E-state index contributed by atoms with van der Waals surface area (Å²) >= 11 is 0. The summed E-state index contributed by atoms with van der Waals surface area (Å²) < 4.78 is 10.8. The average molecular weight is 424 g/mol. The Kier molecular flexibility index (Phi) is 7.78. The third kappa shape index (κ3) is 5.11. The van der Waals surface area contributed by atoms with Crippen molar-refractivity contribution in [1.29, 1.82) is 0 Å². The number of likely N-dealkylation sites (tertiary alicyclic amines) is 1. The molecule has 1 aliphatic rings. The number of aromatic nitrogens is 1. The third-order valence-corrected chi connectivity index (χ3v) is 5.19. The minimum absolute atomic E-state index is 0.0245. The smallest absolute Gasteiger partial charge is 0.295 e. The Hall–Kier alpha value is -3.19. The van der Waals surface area contributed by atoms with Crippen LogP contribution in [0.25, 0.3) is 5.76 Å². The van der Waals surface area contributed by atoms with Crippen LogP contribution >= 0.6 is 0 Å². The number of pyridine rings is 1. The van der Waals surface area contributed by atoms with Crippen molar-refractivity contribution in [2.45, 2.75) is 32.2 Å². The van der Waals surface area contributed by atoms with E-state index in [9.17, 15) is 14.7 Å². The van der Waals surface area contributed by atoms with Crippen molar-refractivity contribution in [3.8, 4) is 5.75 Å². The Morgan fingerprint density at radius 1 is 1.10 bits per heavy atom. The van der Waals surface area contributed by atoms with Gasteiger partial charge in [-0.15, -0.1) is 0 Å². The maximum atomic E-state index is 12.8. The average Bonchev–Trinajstić information content (AvgIpc) is 3.06. The van der Waals surface area contributed by atoms with Gasteiger partial charge in [0.05, 0.1) is 24.5 Å². The molecule has 1 saturated heterocycles. The normalized spacial score (nSPS) is 17.9. The van der Waals surface area contributed by atoms with E-state index in [0.29, 0.717) is 23.6 Å². The van der Waals surface area contributed by atoms with E-state index in [1.807, 2.05) is 0 Å². The van der Waals surface area contributed by atoms with Gasteiger partial charge in [0.25, 0.3) is 11.7 Å². The zero-order valence-corrected chi connectivity index (χ0v) is 17.9. The van der Waals surface area contributed by atoms with Crippen molar-refractivity contribution in [1.82, 2.24) is 9.88 Å². The van der Waals surface area contributed by atoms with Crippen molar-refractivity contribution >= 4 is 17.4 Å². The number of unbranched alkanes of at least 4 members (excludes halogenated alkanes) is 2. The number of benzene rings is 1. The molecular weight excluding hydrogens is 396 g/mol. The first kappa shape index (κ1) is 22.5. The first-order valence-corrected chi connectivity index (χ1v) is 10.5. The second-order valence-electron chi connectivity index (χ2n) is 7.32. The van der Waals surface area contributed by atoms with E-state index in [0.717, 1.165) is 19.3 Å². The molecule has 0 aliphatic carbocycles. The number of ketones is 1. The lowest BCUT2D eigenvalue weighted by Gasteiger charge is -2.24. The molecule has 3 rings (SSSR count). The molecule has 1 atom stereocenters. The Labute approximate surface area is 182 Å². The van der Waals surface area contributed by atoms with E-state index in [1.165, 1.54) is 12.0 Å². The number of nitrogens with zero attached hydrogens (tertiary/aromatic N) is 2. The second-order valence-corrected chi connectivity index (χ2v) is 7.32. The predicted octanol–water partition coefficient (Wildman–Crippen LogP) is 3.72. The Morgan fingerprint density at radius 2 is 1.87 bits per heavy atom. The van der Waals surface area contributed by atoms with Crippen LogP contribution < -0.4 is 4.74 Å². The standard InChI is InChI=1S/C24H28N2O5/c1-3-4-7-15-31-18-11-9-17(10-12-18)22(27)20-21(19-8-5-6-13-25-19)26(14-16-30-2)24(29)23(20)28/h5-6,8-13,21,27H,3-4,7,14-16H2,1-2H3/b22-20-. The summed E-state index contributed by atoms with van der Waals surface area (Å²) in [5.74, 6) is -0.949. The van der Waals surface area contributed by atoms with Gasteiger partial charge < -0.3 is 19.5 Å². The number of hydrogen-bond acceptors (Lipinski definition) is 6. The molecule has 1 unspecified atom stereocenters. The highest BCUT2D eigenvalue weighted by Gasteiger charge is 2.46. The van der Waals surface area contributed by atoms with Crippen molar-refractivity contribution in [3.05, 3.63) is 65.5 Å². The molecule has 2 heterocycles. The van der Waals surface area contributed by atoms with E-state index in [4.69, 9.17) is 9.47 Å². The van der Waals surface area contributed by atoms with Gasteiger partial charge in [0.2, 0.25) is 0 Å². The van der Waals surface area contributed by atoms with Crippen LogP contribution in [-0.4, -0.2) is 53.5 Å². The molecule has 0 radical (unpaired) electrons. The quantitative estimate of drug-likeness (QED) is 0.271. The molecular formula is C24H28N2O5. The molecule has 0 saturated carbocycles. The number of ether oxygens (including phenoxy) is 2. The number of carbonyl (C=O) groups excluding carboxylic acids is 2. The Morgan fingerprint density at radius 3 is 2.52 bits per heavy atom. The summed E-state index contributed by atoms with van der Waals surface area (Å²) in [6.45, 7) is 3.24. The zero-order chi connectivity index (χ0) is 22.2. The number of hydrogen-bond donors (Lipinski definition) is 1. The van der Waals surface area contributed by atoms with Crippen molar-refractivity contribution in [2.75, 3.05) is 26.9 Å². The van der Waals surface area contributed by atoms with Crippen LogP contribution in [0.15, 0.2) is 54.2 Å². The lowest BCUT2D eigenvalue weighted by molar-refractivity contribution is -0.140. The number of rotatable bonds is 10. The number of Topliss-reactive ketones (excluding diaryl/α,β-unsaturated/α-hetero) is 1. The van der Waals surface area contributed by atoms with Crippen LogP contribution in [-0.2, 0) is 14.3 Å². The topological polar surface area (TPSA) is 89.0 Å². The van der Waals surface area contributed by atoms with Gasteiger partial charge in [0.1, 0.15) is 17.6 Å². The maximum Gasteiger partial charge on any atom is 0.295 e. The van der Waals surface area contributed by atoms with E-state index < -0.39 is 17.7 Å². The first-order valence-electron chi connectivity index (χ1n) is 10.5. The summed E-state index contributed by atoms with van der Waals surface area (Å²) in [4.78, 5) is 31.3. The lowest BCUT2D eigenvalue weighted by Crippen LogP contribution is -2.33. The van der Waals surface area contributed by atoms with Gasteiger partial charge in [0.15, 0.2) is 0 Å². The van der Waals surface area contributed by atoms with Crippen LogP contribution in [0.2, 0.25) is 0 Å². The summed E-state index contributed by atoms with van der Waals surface area (Å²) in [6.07, 6.45) is 4.80. The molecule has 7 heteroatoms. The number of amides is 1. The molecule has 1 fully saturated rings. The number of aliphatic hydroxyl groups excluding tert-OH is 1. The largest absolute Gasteiger partial charge is 0.507 e. The zero-order valence-electron chi connectivity index (χ0n) is 17.9. The fraction of sp³-hybridized carbons (Fsp3) is 0.375. The van der Waals surface area contributed by atoms with Gasteiger partial charge in [-0.3, -0.25) is 14.6 Å². The van der Waals surface area contributed by atoms with E-state index in [1.54, 1.807) is 48.7 Å². The Bertz CT molecular complexity index is 925. The molecule has 0 spiro atoms. The molecule has 164 valence electrons. The van der Waals surface area contributed by atoms with Gasteiger partial charge in [-0.05, 0) is 42.8 Å². The van der Waals surface area contributed by atoms with Crippen LogP contribution in [0.3, 0.4) is 0 Å². The van der Waals surface area contributed by atoms with E-state index in [2.05, 4.69) is 11.9 Å². The maximum absolute atomic E-state index is 12.8. The van der Waals surface area contributed by atoms with Crippen LogP contribution in [0, 0.1) is 0 Å². The molecule has 0 bridgehead atoms. The van der Waals surface area contributed by atoms with Crippen molar-refractivity contribution in [3.63, 3.8) is 0 Å². The lowest BCUT2D eigenvalue weighted by atomic mass is 9.98. The summed E-state index contributed by atoms with van der Waals surface area (Å²) in [5, 5.41) is 11.0. The Balaban J connectivity index is 1.92. The van der Waals surface area contributed by atoms with Crippen LogP contribution in [0.5, 0.6) is 5.75 Å². The van der Waals surface area contributed by atoms with Gasteiger partial charge in [-0.1, -0.05) is 25.8 Å². The highest BCUT2D eigenvalue weighted by Crippen LogP contribution is 2.38. The van der Waals surface area contributed by atoms with Crippen molar-refractivity contribution < 1.29 is 24.2 Å². The fourth-order valence-corrected chi connectivity index (χ4v) is 3.55. The summed E-state index contributed by atoms with van der Waals surface area (Å²) in [5.41, 5.74) is 0.971. The highest BCUT2D eigenvalue weighted by molar-refractivity contribution is 6.46. The molecule has 1 amide bonds. The minimum atomic E-state index is -0.777. The molecule has 1 N–H and O–H groups in total. The third-order valence-electron chi connectivity index (χ3n) is 5.19. The molecule has 2 aromatic rings. The molecule has 1 aromatic carbocycles. The highest BCUT2D eigenvalue weighted by atomic mass is 16.5. The summed E-state index contributed by atoms with van der Waals surface area (Å²) in [6, 6.07) is 11.4. The SMILES string of the molecule is CCCCCOc1ccc(/C(O)=C2/C(=O)C(=O)N(CCOC)C2c2ccccn2)cc1. The molecule has 1 aliphatic heterocycles. The predicted molar refractivity (Wildman–Crippen MR) is 117 cm³/mol. The van der Waals surface area contributed by atoms with Crippen LogP contribution in [0.1, 0.15) is 43.5 Å². The van der Waals surface area contributed by atoms with Gasteiger partial charge >= 0.3 is 0 Å². The molecule has 7 nitrogen and oxygen atoms in total.